The molecule has 2 aliphatic rings. The molecule has 21 heavy (non-hydrogen) atoms. The molecule has 0 spiro atoms. The van der Waals surface area contributed by atoms with Crippen molar-refractivity contribution in [3.8, 4) is 0 Å². The third kappa shape index (κ3) is 5.95. The fourth-order valence-corrected chi connectivity index (χ4v) is 3.71. The van der Waals surface area contributed by atoms with Gasteiger partial charge in [0.2, 0.25) is 5.91 Å². The first-order valence-corrected chi connectivity index (χ1v) is 8.81. The van der Waals surface area contributed by atoms with E-state index >= 15 is 0 Å². The molecule has 0 saturated carbocycles. The van der Waals surface area contributed by atoms with Gasteiger partial charge in [0, 0.05) is 13.0 Å². The number of rotatable bonds is 6. The minimum Gasteiger partial charge on any atom is -0.356 e. The van der Waals surface area contributed by atoms with Crippen molar-refractivity contribution in [1.82, 2.24) is 15.5 Å². The lowest BCUT2D eigenvalue weighted by Gasteiger charge is -2.29. The molecule has 2 heterocycles. The molecular weight excluding hydrogens is 262 g/mol. The fourth-order valence-electron chi connectivity index (χ4n) is 3.71. The van der Waals surface area contributed by atoms with Crippen LogP contribution in [-0.2, 0) is 4.79 Å². The number of carbonyl (C=O) groups excluding carboxylic acids is 1. The molecule has 1 unspecified atom stereocenters. The zero-order valence-electron chi connectivity index (χ0n) is 13.9. The molecular formula is C17H33N3O. The van der Waals surface area contributed by atoms with Crippen molar-refractivity contribution >= 4 is 5.91 Å². The summed E-state index contributed by atoms with van der Waals surface area (Å²) in [7, 11) is 2.19. The normalized spacial score (nSPS) is 23.9. The first-order chi connectivity index (χ1) is 10.1. The Labute approximate surface area is 130 Å². The molecule has 0 aliphatic carbocycles. The van der Waals surface area contributed by atoms with Crippen LogP contribution in [0.1, 0.15) is 45.4 Å². The van der Waals surface area contributed by atoms with Crippen molar-refractivity contribution in [3.63, 3.8) is 0 Å². The van der Waals surface area contributed by atoms with Crippen LogP contribution in [0.5, 0.6) is 0 Å². The molecule has 1 amide bonds. The molecule has 0 aromatic rings. The van der Waals surface area contributed by atoms with Crippen LogP contribution in [0.3, 0.4) is 0 Å². The minimum absolute atomic E-state index is 0.258. The van der Waals surface area contributed by atoms with E-state index in [9.17, 15) is 4.79 Å². The molecule has 0 bridgehead atoms. The largest absolute Gasteiger partial charge is 0.356 e. The molecule has 2 rings (SSSR count). The standard InChI is InChI=1S/C17H33N3O/c1-14(16-4-8-18-9-5-16)13-17(21)19-10-3-15-6-11-20(2)12-7-15/h14-16,18H,3-13H2,1-2H3,(H,19,21). The lowest BCUT2D eigenvalue weighted by atomic mass is 9.84. The number of hydrogen-bond donors (Lipinski definition) is 2. The number of likely N-dealkylation sites (tertiary alicyclic amines) is 1. The van der Waals surface area contributed by atoms with Gasteiger partial charge >= 0.3 is 0 Å². The number of carbonyl (C=O) groups is 1. The first kappa shape index (κ1) is 16.8. The van der Waals surface area contributed by atoms with Gasteiger partial charge < -0.3 is 15.5 Å². The summed E-state index contributed by atoms with van der Waals surface area (Å²) in [4.78, 5) is 14.5. The zero-order valence-corrected chi connectivity index (χ0v) is 13.9. The van der Waals surface area contributed by atoms with Crippen LogP contribution in [0.15, 0.2) is 0 Å². The van der Waals surface area contributed by atoms with Crippen molar-refractivity contribution in [1.29, 1.82) is 0 Å². The Morgan fingerprint density at radius 3 is 2.57 bits per heavy atom. The molecule has 2 fully saturated rings. The third-order valence-corrected chi connectivity index (χ3v) is 5.41. The van der Waals surface area contributed by atoms with Crippen molar-refractivity contribution in [2.45, 2.75) is 45.4 Å². The van der Waals surface area contributed by atoms with Gasteiger partial charge in [-0.3, -0.25) is 4.79 Å². The Hall–Kier alpha value is -0.610. The van der Waals surface area contributed by atoms with Crippen LogP contribution in [0.4, 0.5) is 0 Å². The molecule has 4 nitrogen and oxygen atoms in total. The minimum atomic E-state index is 0.258. The zero-order chi connectivity index (χ0) is 15.1. The molecule has 0 aromatic carbocycles. The van der Waals surface area contributed by atoms with E-state index in [1.165, 1.54) is 38.8 Å². The highest BCUT2D eigenvalue weighted by Gasteiger charge is 2.22. The number of piperidine rings is 2. The SMILES string of the molecule is CC(CC(=O)NCCC1CCN(C)CC1)C1CCNCC1. The Bertz CT molecular complexity index is 307. The number of nitrogens with one attached hydrogen (secondary N) is 2. The monoisotopic (exact) mass is 295 g/mol. The number of amides is 1. The van der Waals surface area contributed by atoms with Gasteiger partial charge in [-0.2, -0.15) is 0 Å². The lowest BCUT2D eigenvalue weighted by Crippen LogP contribution is -2.35. The van der Waals surface area contributed by atoms with E-state index in [2.05, 4.69) is 29.5 Å². The highest BCUT2D eigenvalue weighted by Crippen LogP contribution is 2.24. The average molecular weight is 295 g/mol. The predicted octanol–water partition coefficient (Wildman–Crippen LogP) is 1.86. The third-order valence-electron chi connectivity index (χ3n) is 5.41. The van der Waals surface area contributed by atoms with E-state index < -0.39 is 0 Å². The van der Waals surface area contributed by atoms with Crippen molar-refractivity contribution in [3.05, 3.63) is 0 Å². The predicted molar refractivity (Wildman–Crippen MR) is 87.2 cm³/mol. The Kier molecular flexibility index (Phi) is 6.97. The average Bonchev–Trinajstić information content (AvgIpc) is 2.50. The Morgan fingerprint density at radius 2 is 1.90 bits per heavy atom. The van der Waals surface area contributed by atoms with Gasteiger partial charge in [-0.05, 0) is 83.1 Å². The maximum atomic E-state index is 12.1. The Morgan fingerprint density at radius 1 is 1.24 bits per heavy atom. The second-order valence-electron chi connectivity index (χ2n) is 7.15. The van der Waals surface area contributed by atoms with Gasteiger partial charge in [-0.15, -0.1) is 0 Å². The van der Waals surface area contributed by atoms with Gasteiger partial charge in [0.15, 0.2) is 0 Å². The summed E-state index contributed by atoms with van der Waals surface area (Å²) < 4.78 is 0. The van der Waals surface area contributed by atoms with Crippen LogP contribution < -0.4 is 10.6 Å². The van der Waals surface area contributed by atoms with Crippen molar-refractivity contribution < 1.29 is 4.79 Å². The summed E-state index contributed by atoms with van der Waals surface area (Å²) in [5, 5.41) is 6.54. The van der Waals surface area contributed by atoms with Crippen LogP contribution in [0, 0.1) is 17.8 Å². The fraction of sp³-hybridized carbons (Fsp3) is 0.941. The van der Waals surface area contributed by atoms with E-state index in [4.69, 9.17) is 0 Å². The number of nitrogens with zero attached hydrogens (tertiary/aromatic N) is 1. The first-order valence-electron chi connectivity index (χ1n) is 8.81. The van der Waals surface area contributed by atoms with Gasteiger partial charge in [-0.1, -0.05) is 6.92 Å². The summed E-state index contributed by atoms with van der Waals surface area (Å²) in [6.07, 6.45) is 6.89. The Balaban J connectivity index is 1.56. The molecule has 2 saturated heterocycles. The quantitative estimate of drug-likeness (QED) is 0.786. The van der Waals surface area contributed by atoms with Crippen LogP contribution >= 0.6 is 0 Å². The maximum Gasteiger partial charge on any atom is 0.220 e. The summed E-state index contributed by atoms with van der Waals surface area (Å²) in [5.74, 6) is 2.32. The smallest absolute Gasteiger partial charge is 0.220 e. The number of hydrogen-bond acceptors (Lipinski definition) is 3. The summed E-state index contributed by atoms with van der Waals surface area (Å²) in [6, 6.07) is 0. The topological polar surface area (TPSA) is 44.4 Å². The van der Waals surface area contributed by atoms with Gasteiger partial charge in [0.25, 0.3) is 0 Å². The van der Waals surface area contributed by atoms with E-state index in [0.717, 1.165) is 37.9 Å². The summed E-state index contributed by atoms with van der Waals surface area (Å²) in [5.41, 5.74) is 0. The van der Waals surface area contributed by atoms with Crippen molar-refractivity contribution in [2.24, 2.45) is 17.8 Å². The highest BCUT2D eigenvalue weighted by atomic mass is 16.1. The summed E-state index contributed by atoms with van der Waals surface area (Å²) >= 11 is 0. The van der Waals surface area contributed by atoms with Gasteiger partial charge in [0.1, 0.15) is 0 Å². The highest BCUT2D eigenvalue weighted by molar-refractivity contribution is 5.76. The second-order valence-corrected chi connectivity index (χ2v) is 7.15. The molecule has 4 heteroatoms. The molecule has 2 aliphatic heterocycles. The molecule has 2 N–H and O–H groups in total. The van der Waals surface area contributed by atoms with Crippen LogP contribution in [0.25, 0.3) is 0 Å². The van der Waals surface area contributed by atoms with Gasteiger partial charge in [0.05, 0.1) is 0 Å². The molecule has 1 atom stereocenters. The van der Waals surface area contributed by atoms with E-state index in [1.807, 2.05) is 0 Å². The van der Waals surface area contributed by atoms with E-state index in [0.29, 0.717) is 12.3 Å². The molecule has 0 radical (unpaired) electrons. The van der Waals surface area contributed by atoms with E-state index in [1.54, 1.807) is 0 Å². The lowest BCUT2D eigenvalue weighted by molar-refractivity contribution is -0.122. The van der Waals surface area contributed by atoms with Crippen LogP contribution in [-0.4, -0.2) is 50.6 Å². The maximum absolute atomic E-state index is 12.1. The van der Waals surface area contributed by atoms with E-state index in [-0.39, 0.29) is 5.91 Å². The second kappa shape index (κ2) is 8.74. The molecule has 122 valence electrons. The molecule has 0 aromatic heterocycles. The summed E-state index contributed by atoms with van der Waals surface area (Å²) in [6.45, 7) is 7.77. The van der Waals surface area contributed by atoms with Gasteiger partial charge in [-0.25, -0.2) is 0 Å². The van der Waals surface area contributed by atoms with Crippen molar-refractivity contribution in [2.75, 3.05) is 39.8 Å². The van der Waals surface area contributed by atoms with Crippen LogP contribution in [0.2, 0.25) is 0 Å².